The van der Waals surface area contributed by atoms with Crippen LogP contribution in [-0.2, 0) is 17.8 Å². The summed E-state index contributed by atoms with van der Waals surface area (Å²) in [6.07, 6.45) is 5.39. The molecule has 0 radical (unpaired) electrons. The number of fused-ring (bicyclic) bond motifs is 1. The van der Waals surface area contributed by atoms with Crippen LogP contribution in [0.3, 0.4) is 0 Å². The van der Waals surface area contributed by atoms with E-state index in [0.717, 1.165) is 42.7 Å². The lowest BCUT2D eigenvalue weighted by Crippen LogP contribution is -2.37. The Balaban J connectivity index is 1.64. The Hall–Kier alpha value is -1.30. The highest BCUT2D eigenvalue weighted by Gasteiger charge is 2.26. The summed E-state index contributed by atoms with van der Waals surface area (Å²) in [6, 6.07) is 0. The number of aromatic nitrogens is 2. The van der Waals surface area contributed by atoms with E-state index in [4.69, 9.17) is 0 Å². The minimum atomic E-state index is 0.0359. The van der Waals surface area contributed by atoms with Crippen LogP contribution in [0.1, 0.15) is 12.2 Å². The van der Waals surface area contributed by atoms with Crippen molar-refractivity contribution in [3.8, 4) is 0 Å². The molecule has 1 unspecified atom stereocenters. The lowest BCUT2D eigenvalue weighted by molar-refractivity contribution is -0.124. The van der Waals surface area contributed by atoms with Crippen LogP contribution >= 0.6 is 11.8 Å². The van der Waals surface area contributed by atoms with E-state index < -0.39 is 0 Å². The van der Waals surface area contributed by atoms with Gasteiger partial charge in [0.25, 0.3) is 0 Å². The fourth-order valence-electron chi connectivity index (χ4n) is 2.19. The van der Waals surface area contributed by atoms with Gasteiger partial charge >= 0.3 is 0 Å². The molecule has 90 valence electrons. The van der Waals surface area contributed by atoms with Crippen LogP contribution in [-0.4, -0.2) is 32.9 Å². The number of imidazole rings is 1. The van der Waals surface area contributed by atoms with Crippen LogP contribution in [0.15, 0.2) is 17.4 Å². The molecule has 0 aliphatic carbocycles. The Labute approximate surface area is 104 Å². The summed E-state index contributed by atoms with van der Waals surface area (Å²) in [4.78, 5) is 20.5. The SMILES string of the molecule is O=C(NC1=NCCS1)C1CCn2ccnc2C1. The second-order valence-corrected chi connectivity index (χ2v) is 5.33. The van der Waals surface area contributed by atoms with Gasteiger partial charge in [-0.2, -0.15) is 0 Å². The third-order valence-corrected chi connectivity index (χ3v) is 4.03. The monoisotopic (exact) mass is 250 g/mol. The van der Waals surface area contributed by atoms with Crippen molar-refractivity contribution in [2.24, 2.45) is 10.9 Å². The number of nitrogens with zero attached hydrogens (tertiary/aromatic N) is 3. The van der Waals surface area contributed by atoms with Crippen LogP contribution in [0.5, 0.6) is 0 Å². The maximum atomic E-state index is 12.0. The van der Waals surface area contributed by atoms with E-state index in [1.165, 1.54) is 0 Å². The number of rotatable bonds is 1. The number of amidine groups is 1. The molecule has 3 rings (SSSR count). The number of amides is 1. The van der Waals surface area contributed by atoms with Gasteiger partial charge in [0.2, 0.25) is 5.91 Å². The van der Waals surface area contributed by atoms with Crippen molar-refractivity contribution in [2.45, 2.75) is 19.4 Å². The van der Waals surface area contributed by atoms with E-state index in [2.05, 4.69) is 19.9 Å². The first-order valence-corrected chi connectivity index (χ1v) is 6.79. The summed E-state index contributed by atoms with van der Waals surface area (Å²) < 4.78 is 2.12. The predicted molar refractivity (Wildman–Crippen MR) is 66.9 cm³/mol. The Morgan fingerprint density at radius 3 is 3.35 bits per heavy atom. The minimum Gasteiger partial charge on any atom is -0.335 e. The molecule has 0 fully saturated rings. The zero-order valence-electron chi connectivity index (χ0n) is 9.43. The third-order valence-electron chi connectivity index (χ3n) is 3.14. The quantitative estimate of drug-likeness (QED) is 0.796. The van der Waals surface area contributed by atoms with Gasteiger partial charge in [-0.05, 0) is 6.42 Å². The van der Waals surface area contributed by atoms with E-state index in [1.807, 2.05) is 6.20 Å². The van der Waals surface area contributed by atoms with E-state index in [1.54, 1.807) is 18.0 Å². The van der Waals surface area contributed by atoms with Crippen molar-refractivity contribution in [2.75, 3.05) is 12.3 Å². The zero-order valence-corrected chi connectivity index (χ0v) is 10.2. The van der Waals surface area contributed by atoms with Crippen LogP contribution in [0.4, 0.5) is 0 Å². The average molecular weight is 250 g/mol. The Morgan fingerprint density at radius 1 is 1.59 bits per heavy atom. The molecule has 0 aromatic carbocycles. The fourth-order valence-corrected chi connectivity index (χ4v) is 2.92. The van der Waals surface area contributed by atoms with Crippen molar-refractivity contribution < 1.29 is 4.79 Å². The number of nitrogens with one attached hydrogen (secondary N) is 1. The van der Waals surface area contributed by atoms with Gasteiger partial charge in [-0.3, -0.25) is 9.79 Å². The number of thioether (sulfide) groups is 1. The van der Waals surface area contributed by atoms with Gasteiger partial charge in [0, 0.05) is 37.0 Å². The van der Waals surface area contributed by atoms with E-state index in [0.29, 0.717) is 0 Å². The molecule has 3 heterocycles. The third kappa shape index (κ3) is 2.22. The van der Waals surface area contributed by atoms with Gasteiger partial charge in [-0.25, -0.2) is 4.98 Å². The first-order chi connectivity index (χ1) is 8.33. The van der Waals surface area contributed by atoms with E-state index in [9.17, 15) is 4.79 Å². The molecule has 1 amide bonds. The highest BCUT2D eigenvalue weighted by atomic mass is 32.2. The maximum Gasteiger partial charge on any atom is 0.229 e. The molecule has 2 aliphatic rings. The highest BCUT2D eigenvalue weighted by molar-refractivity contribution is 8.14. The molecule has 2 aliphatic heterocycles. The van der Waals surface area contributed by atoms with E-state index in [-0.39, 0.29) is 11.8 Å². The van der Waals surface area contributed by atoms with Crippen molar-refractivity contribution >= 4 is 22.8 Å². The molecular weight excluding hydrogens is 236 g/mol. The Kier molecular flexibility index (Phi) is 2.88. The molecule has 1 atom stereocenters. The molecule has 0 spiro atoms. The lowest BCUT2D eigenvalue weighted by atomic mass is 9.97. The maximum absolute atomic E-state index is 12.0. The largest absolute Gasteiger partial charge is 0.335 e. The zero-order chi connectivity index (χ0) is 11.7. The molecule has 5 nitrogen and oxygen atoms in total. The number of hydrogen-bond donors (Lipinski definition) is 1. The summed E-state index contributed by atoms with van der Waals surface area (Å²) in [5.74, 6) is 2.11. The smallest absolute Gasteiger partial charge is 0.229 e. The topological polar surface area (TPSA) is 59.3 Å². The first kappa shape index (κ1) is 10.8. The normalized spacial score (nSPS) is 23.1. The van der Waals surface area contributed by atoms with Gasteiger partial charge in [0.1, 0.15) is 5.82 Å². The summed E-state index contributed by atoms with van der Waals surface area (Å²) in [6.45, 7) is 1.70. The molecule has 1 aromatic rings. The molecule has 17 heavy (non-hydrogen) atoms. The Bertz CT molecular complexity index is 468. The molecule has 0 bridgehead atoms. The van der Waals surface area contributed by atoms with Crippen molar-refractivity contribution in [3.63, 3.8) is 0 Å². The van der Waals surface area contributed by atoms with Crippen molar-refractivity contribution in [3.05, 3.63) is 18.2 Å². The van der Waals surface area contributed by atoms with Crippen molar-refractivity contribution in [1.29, 1.82) is 0 Å². The molecule has 0 saturated heterocycles. The average Bonchev–Trinajstić information content (AvgIpc) is 2.97. The molecule has 0 saturated carbocycles. The van der Waals surface area contributed by atoms with Crippen LogP contribution in [0.25, 0.3) is 0 Å². The van der Waals surface area contributed by atoms with Crippen LogP contribution < -0.4 is 5.32 Å². The van der Waals surface area contributed by atoms with Gasteiger partial charge in [-0.1, -0.05) is 11.8 Å². The second-order valence-electron chi connectivity index (χ2n) is 4.25. The van der Waals surface area contributed by atoms with Crippen molar-refractivity contribution in [1.82, 2.24) is 14.9 Å². The molecule has 1 aromatic heterocycles. The molecule has 1 N–H and O–H groups in total. The standard InChI is InChI=1S/C11H14N4OS/c16-10(14-11-13-3-6-17-11)8-1-4-15-5-2-12-9(15)7-8/h2,5,8H,1,3-4,6-7H2,(H,13,14,16). The van der Waals surface area contributed by atoms with Crippen LogP contribution in [0, 0.1) is 5.92 Å². The minimum absolute atomic E-state index is 0.0359. The number of aliphatic imine (C=N–C) groups is 1. The summed E-state index contributed by atoms with van der Waals surface area (Å²) in [7, 11) is 0. The highest BCUT2D eigenvalue weighted by Crippen LogP contribution is 2.20. The second kappa shape index (κ2) is 4.52. The first-order valence-electron chi connectivity index (χ1n) is 5.81. The van der Waals surface area contributed by atoms with Gasteiger partial charge in [-0.15, -0.1) is 0 Å². The van der Waals surface area contributed by atoms with Gasteiger partial charge < -0.3 is 9.88 Å². The van der Waals surface area contributed by atoms with Gasteiger partial charge in [0.05, 0.1) is 6.54 Å². The number of carbonyl (C=O) groups is 1. The Morgan fingerprint density at radius 2 is 2.53 bits per heavy atom. The molecule has 6 heteroatoms. The number of hydrogen-bond acceptors (Lipinski definition) is 4. The van der Waals surface area contributed by atoms with Crippen LogP contribution in [0.2, 0.25) is 0 Å². The number of aryl methyl sites for hydroxylation is 1. The fraction of sp³-hybridized carbons (Fsp3) is 0.545. The lowest BCUT2D eigenvalue weighted by Gasteiger charge is -2.22. The summed E-state index contributed by atoms with van der Waals surface area (Å²) in [5.41, 5.74) is 0. The number of carbonyl (C=O) groups excluding carboxylic acids is 1. The van der Waals surface area contributed by atoms with E-state index >= 15 is 0 Å². The summed E-state index contributed by atoms with van der Waals surface area (Å²) >= 11 is 1.62. The predicted octanol–water partition coefficient (Wildman–Crippen LogP) is 0.664. The summed E-state index contributed by atoms with van der Waals surface area (Å²) in [5, 5.41) is 3.69. The molecular formula is C11H14N4OS. The van der Waals surface area contributed by atoms with Gasteiger partial charge in [0.15, 0.2) is 5.17 Å².